The second kappa shape index (κ2) is 6.95. The summed E-state index contributed by atoms with van der Waals surface area (Å²) in [6.07, 6.45) is -1.33. The van der Waals surface area contributed by atoms with E-state index in [1.54, 1.807) is 31.8 Å². The van der Waals surface area contributed by atoms with Gasteiger partial charge in [-0.15, -0.1) is 0 Å². The highest BCUT2D eigenvalue weighted by molar-refractivity contribution is 5.76. The molecule has 0 fully saturated rings. The fourth-order valence-electron chi connectivity index (χ4n) is 2.63. The maximum atomic E-state index is 12.9. The van der Waals surface area contributed by atoms with E-state index in [-0.39, 0.29) is 11.7 Å². The molecule has 136 valence electrons. The molecule has 1 unspecified atom stereocenters. The van der Waals surface area contributed by atoms with Crippen LogP contribution in [0.3, 0.4) is 0 Å². The van der Waals surface area contributed by atoms with Gasteiger partial charge >= 0.3 is 5.69 Å². The van der Waals surface area contributed by atoms with E-state index in [0.717, 1.165) is 15.9 Å². The van der Waals surface area contributed by atoms with Gasteiger partial charge in [-0.2, -0.15) is 10.2 Å². The predicted molar refractivity (Wildman–Crippen MR) is 83.1 cm³/mol. The summed E-state index contributed by atoms with van der Waals surface area (Å²) in [5.41, 5.74) is -0.237. The number of nitro groups is 1. The first-order valence-corrected chi connectivity index (χ1v) is 7.41. The standard InChI is InChI=1S/C14H18F2N6O3/c1-7(10-5-20(4)18-8(10)2)17-11(23)6-21-9(3)13(22(24)25)12(19-21)14(15)16/h5,7,14H,6H2,1-4H3,(H,17,23). The Hall–Kier alpha value is -2.85. The number of halogens is 2. The normalized spacial score (nSPS) is 12.4. The van der Waals surface area contributed by atoms with Crippen molar-refractivity contribution >= 4 is 11.6 Å². The topological polar surface area (TPSA) is 108 Å². The van der Waals surface area contributed by atoms with Crippen molar-refractivity contribution in [2.45, 2.75) is 39.8 Å². The molecule has 25 heavy (non-hydrogen) atoms. The average Bonchev–Trinajstić information content (AvgIpc) is 2.99. The van der Waals surface area contributed by atoms with Gasteiger partial charge in [0, 0.05) is 18.8 Å². The second-order valence-corrected chi connectivity index (χ2v) is 5.67. The molecule has 0 saturated heterocycles. The minimum atomic E-state index is -3.10. The van der Waals surface area contributed by atoms with Gasteiger partial charge in [0.2, 0.25) is 11.6 Å². The fraction of sp³-hybridized carbons (Fsp3) is 0.500. The summed E-state index contributed by atoms with van der Waals surface area (Å²) in [5.74, 6) is -0.503. The fourth-order valence-corrected chi connectivity index (χ4v) is 2.63. The lowest BCUT2D eigenvalue weighted by molar-refractivity contribution is -0.386. The van der Waals surface area contributed by atoms with Crippen molar-refractivity contribution in [3.05, 3.63) is 39.0 Å². The van der Waals surface area contributed by atoms with E-state index in [4.69, 9.17) is 0 Å². The van der Waals surface area contributed by atoms with Gasteiger partial charge in [-0.05, 0) is 20.8 Å². The van der Waals surface area contributed by atoms with Crippen molar-refractivity contribution < 1.29 is 18.5 Å². The van der Waals surface area contributed by atoms with Gasteiger partial charge < -0.3 is 5.32 Å². The molecule has 0 bridgehead atoms. The number of aryl methyl sites for hydroxylation is 2. The molecule has 0 aromatic carbocycles. The molecule has 0 radical (unpaired) electrons. The lowest BCUT2D eigenvalue weighted by Crippen LogP contribution is -2.31. The summed E-state index contributed by atoms with van der Waals surface area (Å²) < 4.78 is 28.3. The van der Waals surface area contributed by atoms with Crippen LogP contribution in [-0.4, -0.2) is 30.4 Å². The molecule has 2 aromatic heterocycles. The van der Waals surface area contributed by atoms with E-state index < -0.39 is 35.2 Å². The smallest absolute Gasteiger partial charge is 0.319 e. The van der Waals surface area contributed by atoms with E-state index in [0.29, 0.717) is 0 Å². The molecular weight excluding hydrogens is 338 g/mol. The van der Waals surface area contributed by atoms with Crippen LogP contribution in [0.5, 0.6) is 0 Å². The molecule has 1 atom stereocenters. The quantitative estimate of drug-likeness (QED) is 0.629. The van der Waals surface area contributed by atoms with E-state index >= 15 is 0 Å². The van der Waals surface area contributed by atoms with E-state index in [2.05, 4.69) is 15.5 Å². The van der Waals surface area contributed by atoms with Crippen LogP contribution in [0.15, 0.2) is 6.20 Å². The molecule has 9 nitrogen and oxygen atoms in total. The summed E-state index contributed by atoms with van der Waals surface area (Å²) in [6.45, 7) is 4.43. The Morgan fingerprint density at radius 1 is 1.40 bits per heavy atom. The number of carbonyl (C=O) groups excluding carboxylic acids is 1. The van der Waals surface area contributed by atoms with Crippen molar-refractivity contribution in [1.82, 2.24) is 24.9 Å². The number of alkyl halides is 2. The SMILES string of the molecule is Cc1nn(C)cc1C(C)NC(=O)Cn1nc(C(F)F)c([N+](=O)[O-])c1C. The number of nitrogens with one attached hydrogen (secondary N) is 1. The number of carbonyl (C=O) groups is 1. The highest BCUT2D eigenvalue weighted by Crippen LogP contribution is 2.30. The first-order chi connectivity index (χ1) is 11.6. The molecule has 1 amide bonds. The van der Waals surface area contributed by atoms with E-state index in [9.17, 15) is 23.7 Å². The Bertz CT molecular complexity index is 814. The average molecular weight is 356 g/mol. The third kappa shape index (κ3) is 3.80. The number of hydrogen-bond acceptors (Lipinski definition) is 5. The molecule has 2 rings (SSSR count). The minimum absolute atomic E-state index is 0.0966. The van der Waals surface area contributed by atoms with Crippen LogP contribution in [0.2, 0.25) is 0 Å². The van der Waals surface area contributed by atoms with Crippen LogP contribution in [0.1, 0.15) is 42.0 Å². The zero-order chi connectivity index (χ0) is 18.9. The molecule has 1 N–H and O–H groups in total. The van der Waals surface area contributed by atoms with Gasteiger partial charge in [0.05, 0.1) is 16.7 Å². The summed E-state index contributed by atoms with van der Waals surface area (Å²) in [5, 5.41) is 21.4. The highest BCUT2D eigenvalue weighted by Gasteiger charge is 2.31. The van der Waals surface area contributed by atoms with Crippen LogP contribution in [0.4, 0.5) is 14.5 Å². The first kappa shape index (κ1) is 18.5. The van der Waals surface area contributed by atoms with Crippen LogP contribution < -0.4 is 5.32 Å². The van der Waals surface area contributed by atoms with Crippen molar-refractivity contribution in [1.29, 1.82) is 0 Å². The molecule has 2 heterocycles. The number of aromatic nitrogens is 4. The Balaban J connectivity index is 2.17. The van der Waals surface area contributed by atoms with Crippen molar-refractivity contribution in [3.8, 4) is 0 Å². The van der Waals surface area contributed by atoms with Crippen LogP contribution in [0.25, 0.3) is 0 Å². The number of hydrogen-bond donors (Lipinski definition) is 1. The summed E-state index contributed by atoms with van der Waals surface area (Å²) >= 11 is 0. The molecule has 0 aliphatic heterocycles. The van der Waals surface area contributed by atoms with Crippen LogP contribution in [0, 0.1) is 24.0 Å². The third-order valence-electron chi connectivity index (χ3n) is 3.78. The second-order valence-electron chi connectivity index (χ2n) is 5.67. The zero-order valence-electron chi connectivity index (χ0n) is 14.2. The van der Waals surface area contributed by atoms with Crippen molar-refractivity contribution in [2.24, 2.45) is 7.05 Å². The lowest BCUT2D eigenvalue weighted by atomic mass is 10.1. The Kier molecular flexibility index (Phi) is 5.14. The van der Waals surface area contributed by atoms with Gasteiger partial charge in [0.15, 0.2) is 0 Å². The lowest BCUT2D eigenvalue weighted by Gasteiger charge is -2.13. The Labute approximate surface area is 141 Å². The molecular formula is C14H18F2N6O3. The predicted octanol–water partition coefficient (Wildman–Crippen LogP) is 1.96. The molecule has 11 heteroatoms. The number of amides is 1. The maximum absolute atomic E-state index is 12.9. The molecule has 0 saturated carbocycles. The van der Waals surface area contributed by atoms with Crippen LogP contribution >= 0.6 is 0 Å². The van der Waals surface area contributed by atoms with Gasteiger partial charge in [0.25, 0.3) is 6.43 Å². The maximum Gasteiger partial charge on any atom is 0.319 e. The third-order valence-corrected chi connectivity index (χ3v) is 3.78. The van der Waals surface area contributed by atoms with Gasteiger partial charge in [-0.25, -0.2) is 8.78 Å². The van der Waals surface area contributed by atoms with Crippen LogP contribution in [-0.2, 0) is 18.4 Å². The molecule has 0 aliphatic carbocycles. The molecule has 0 aliphatic rings. The van der Waals surface area contributed by atoms with E-state index in [1.807, 2.05) is 0 Å². The number of rotatable bonds is 6. The molecule has 2 aromatic rings. The van der Waals surface area contributed by atoms with Gasteiger partial charge in [-0.3, -0.25) is 24.3 Å². The minimum Gasteiger partial charge on any atom is -0.348 e. The number of nitrogens with zero attached hydrogens (tertiary/aromatic N) is 5. The highest BCUT2D eigenvalue weighted by atomic mass is 19.3. The van der Waals surface area contributed by atoms with Crippen molar-refractivity contribution in [3.63, 3.8) is 0 Å². The van der Waals surface area contributed by atoms with Gasteiger partial charge in [0.1, 0.15) is 12.2 Å². The zero-order valence-corrected chi connectivity index (χ0v) is 14.2. The largest absolute Gasteiger partial charge is 0.348 e. The summed E-state index contributed by atoms with van der Waals surface area (Å²) in [4.78, 5) is 22.2. The monoisotopic (exact) mass is 356 g/mol. The molecule has 0 spiro atoms. The summed E-state index contributed by atoms with van der Waals surface area (Å²) in [6, 6.07) is -0.360. The Morgan fingerprint density at radius 3 is 2.48 bits per heavy atom. The van der Waals surface area contributed by atoms with Crippen molar-refractivity contribution in [2.75, 3.05) is 0 Å². The van der Waals surface area contributed by atoms with Gasteiger partial charge in [-0.1, -0.05) is 0 Å². The van der Waals surface area contributed by atoms with E-state index in [1.165, 1.54) is 6.92 Å². The first-order valence-electron chi connectivity index (χ1n) is 7.41. The Morgan fingerprint density at radius 2 is 2.04 bits per heavy atom. The summed E-state index contributed by atoms with van der Waals surface area (Å²) in [7, 11) is 1.75.